The fourth-order valence-corrected chi connectivity index (χ4v) is 3.43. The number of fused-ring (bicyclic) bond motifs is 1. The van der Waals surface area contributed by atoms with Gasteiger partial charge in [-0.3, -0.25) is 4.79 Å². The zero-order valence-electron chi connectivity index (χ0n) is 10.6. The number of carboxylic acid groups (broad SMARTS) is 1. The molecule has 1 saturated carbocycles. The Labute approximate surface area is 116 Å². The van der Waals surface area contributed by atoms with Crippen LogP contribution in [0.3, 0.4) is 0 Å². The SMILES string of the molecule is Cn1c(C2CCCC2C(=O)O)nc2cccc(Cl)c21. The predicted octanol–water partition coefficient (Wildman–Crippen LogP) is 3.20. The summed E-state index contributed by atoms with van der Waals surface area (Å²) in [7, 11) is 1.91. The van der Waals surface area contributed by atoms with E-state index in [0.29, 0.717) is 5.02 Å². The Morgan fingerprint density at radius 2 is 2.26 bits per heavy atom. The van der Waals surface area contributed by atoms with Gasteiger partial charge in [-0.05, 0) is 25.0 Å². The monoisotopic (exact) mass is 278 g/mol. The number of para-hydroxylation sites is 1. The Bertz CT molecular complexity index is 650. The van der Waals surface area contributed by atoms with Gasteiger partial charge < -0.3 is 9.67 Å². The van der Waals surface area contributed by atoms with Crippen molar-refractivity contribution in [1.29, 1.82) is 0 Å². The highest BCUT2D eigenvalue weighted by Crippen LogP contribution is 2.40. The van der Waals surface area contributed by atoms with Crippen molar-refractivity contribution in [3.63, 3.8) is 0 Å². The number of aliphatic carboxylic acids is 1. The van der Waals surface area contributed by atoms with Crippen molar-refractivity contribution < 1.29 is 9.90 Å². The molecule has 0 aliphatic heterocycles. The van der Waals surface area contributed by atoms with E-state index in [0.717, 1.165) is 36.1 Å². The number of hydrogen-bond acceptors (Lipinski definition) is 2. The summed E-state index contributed by atoms with van der Waals surface area (Å²) in [6.07, 6.45) is 2.56. The van der Waals surface area contributed by atoms with Crippen molar-refractivity contribution in [2.75, 3.05) is 0 Å². The van der Waals surface area contributed by atoms with Crippen LogP contribution in [0.1, 0.15) is 31.0 Å². The number of benzene rings is 1. The molecular formula is C14H15ClN2O2. The van der Waals surface area contributed by atoms with E-state index in [1.54, 1.807) is 0 Å². The Morgan fingerprint density at radius 1 is 1.47 bits per heavy atom. The van der Waals surface area contributed by atoms with Gasteiger partial charge in [0.15, 0.2) is 0 Å². The molecule has 100 valence electrons. The third-order valence-corrected chi connectivity index (χ3v) is 4.35. The van der Waals surface area contributed by atoms with Crippen LogP contribution in [0.15, 0.2) is 18.2 Å². The van der Waals surface area contributed by atoms with Crippen LogP contribution in [-0.4, -0.2) is 20.6 Å². The molecule has 2 atom stereocenters. The van der Waals surface area contributed by atoms with Crippen molar-refractivity contribution >= 4 is 28.6 Å². The van der Waals surface area contributed by atoms with Crippen LogP contribution in [0.2, 0.25) is 5.02 Å². The molecule has 1 aliphatic carbocycles. The van der Waals surface area contributed by atoms with Gasteiger partial charge in [0.05, 0.1) is 22.0 Å². The van der Waals surface area contributed by atoms with Crippen LogP contribution in [-0.2, 0) is 11.8 Å². The highest BCUT2D eigenvalue weighted by atomic mass is 35.5. The molecule has 0 radical (unpaired) electrons. The topological polar surface area (TPSA) is 55.1 Å². The first-order valence-electron chi connectivity index (χ1n) is 6.43. The first kappa shape index (κ1) is 12.5. The Morgan fingerprint density at radius 3 is 2.95 bits per heavy atom. The van der Waals surface area contributed by atoms with Gasteiger partial charge in [-0.2, -0.15) is 0 Å². The van der Waals surface area contributed by atoms with E-state index in [1.165, 1.54) is 0 Å². The minimum Gasteiger partial charge on any atom is -0.481 e. The van der Waals surface area contributed by atoms with Crippen LogP contribution < -0.4 is 0 Å². The lowest BCUT2D eigenvalue weighted by Gasteiger charge is -2.15. The lowest BCUT2D eigenvalue weighted by atomic mass is 9.95. The van der Waals surface area contributed by atoms with Gasteiger partial charge in [0.25, 0.3) is 0 Å². The Kier molecular flexibility index (Phi) is 2.97. The van der Waals surface area contributed by atoms with E-state index < -0.39 is 5.97 Å². The maximum absolute atomic E-state index is 11.3. The molecule has 1 N–H and O–H groups in total. The highest BCUT2D eigenvalue weighted by molar-refractivity contribution is 6.35. The van der Waals surface area contributed by atoms with Gasteiger partial charge in [0, 0.05) is 13.0 Å². The molecule has 5 heteroatoms. The van der Waals surface area contributed by atoms with Gasteiger partial charge in [-0.1, -0.05) is 24.1 Å². The van der Waals surface area contributed by atoms with E-state index in [2.05, 4.69) is 4.98 Å². The molecule has 1 fully saturated rings. The molecule has 1 aromatic carbocycles. The quantitative estimate of drug-likeness (QED) is 0.918. The molecular weight excluding hydrogens is 264 g/mol. The fourth-order valence-electron chi connectivity index (χ4n) is 3.14. The highest BCUT2D eigenvalue weighted by Gasteiger charge is 2.36. The van der Waals surface area contributed by atoms with Crippen LogP contribution >= 0.6 is 11.6 Å². The molecule has 2 unspecified atom stereocenters. The number of carbonyl (C=O) groups is 1. The van der Waals surface area contributed by atoms with E-state index in [-0.39, 0.29) is 11.8 Å². The summed E-state index contributed by atoms with van der Waals surface area (Å²) < 4.78 is 1.95. The lowest BCUT2D eigenvalue weighted by molar-refractivity contribution is -0.142. The van der Waals surface area contributed by atoms with Gasteiger partial charge >= 0.3 is 5.97 Å². The van der Waals surface area contributed by atoms with Crippen molar-refractivity contribution in [3.8, 4) is 0 Å². The van der Waals surface area contributed by atoms with Crippen LogP contribution in [0.5, 0.6) is 0 Å². The normalized spacial score (nSPS) is 23.1. The standard InChI is InChI=1S/C14H15ClN2O2/c1-17-12-10(15)6-3-7-11(12)16-13(17)8-4-2-5-9(8)14(18)19/h3,6-9H,2,4-5H2,1H3,(H,18,19). The van der Waals surface area contributed by atoms with Gasteiger partial charge in [0.1, 0.15) is 5.82 Å². The number of carboxylic acids is 1. The predicted molar refractivity (Wildman–Crippen MR) is 73.4 cm³/mol. The Hall–Kier alpha value is -1.55. The summed E-state index contributed by atoms with van der Waals surface area (Å²) in [5.74, 6) is -0.214. The summed E-state index contributed by atoms with van der Waals surface area (Å²) in [4.78, 5) is 15.9. The smallest absolute Gasteiger partial charge is 0.307 e. The second kappa shape index (κ2) is 4.53. The van der Waals surface area contributed by atoms with Gasteiger partial charge in [-0.15, -0.1) is 0 Å². The fraction of sp³-hybridized carbons (Fsp3) is 0.429. The number of hydrogen-bond donors (Lipinski definition) is 1. The minimum atomic E-state index is -0.722. The van der Waals surface area contributed by atoms with Crippen molar-refractivity contribution in [2.45, 2.75) is 25.2 Å². The third kappa shape index (κ3) is 1.91. The van der Waals surface area contributed by atoms with E-state index in [4.69, 9.17) is 11.6 Å². The van der Waals surface area contributed by atoms with E-state index in [1.807, 2.05) is 29.8 Å². The summed E-state index contributed by atoms with van der Waals surface area (Å²) in [5, 5.41) is 9.96. The molecule has 2 aromatic rings. The first-order chi connectivity index (χ1) is 9.09. The lowest BCUT2D eigenvalue weighted by Crippen LogP contribution is -2.19. The Balaban J connectivity index is 2.13. The number of rotatable bonds is 2. The molecule has 0 bridgehead atoms. The maximum atomic E-state index is 11.3. The molecule has 4 nitrogen and oxygen atoms in total. The van der Waals surface area contributed by atoms with Gasteiger partial charge in [-0.25, -0.2) is 4.98 Å². The third-order valence-electron chi connectivity index (χ3n) is 4.04. The van der Waals surface area contributed by atoms with E-state index >= 15 is 0 Å². The number of aromatic nitrogens is 2. The van der Waals surface area contributed by atoms with E-state index in [9.17, 15) is 9.90 Å². The van der Waals surface area contributed by atoms with Crippen molar-refractivity contribution in [1.82, 2.24) is 9.55 Å². The summed E-state index contributed by atoms with van der Waals surface area (Å²) in [6.45, 7) is 0. The number of nitrogens with zero attached hydrogens (tertiary/aromatic N) is 2. The molecule has 0 saturated heterocycles. The molecule has 1 aliphatic rings. The van der Waals surface area contributed by atoms with Gasteiger partial charge in [0.2, 0.25) is 0 Å². The average Bonchev–Trinajstić information content (AvgIpc) is 2.94. The van der Waals surface area contributed by atoms with Crippen LogP contribution in [0.4, 0.5) is 0 Å². The second-order valence-electron chi connectivity index (χ2n) is 5.12. The van der Waals surface area contributed by atoms with Crippen LogP contribution in [0.25, 0.3) is 11.0 Å². The summed E-state index contributed by atoms with van der Waals surface area (Å²) >= 11 is 6.20. The maximum Gasteiger partial charge on any atom is 0.307 e. The zero-order chi connectivity index (χ0) is 13.6. The molecule has 0 spiro atoms. The largest absolute Gasteiger partial charge is 0.481 e. The molecule has 1 aromatic heterocycles. The minimum absolute atomic E-state index is 0.00836. The first-order valence-corrected chi connectivity index (χ1v) is 6.81. The molecule has 19 heavy (non-hydrogen) atoms. The van der Waals surface area contributed by atoms with Crippen LogP contribution in [0, 0.1) is 5.92 Å². The molecule has 3 rings (SSSR count). The molecule has 1 heterocycles. The number of halogens is 1. The number of imidazole rings is 1. The average molecular weight is 279 g/mol. The number of aryl methyl sites for hydroxylation is 1. The molecule has 0 amide bonds. The summed E-state index contributed by atoms with van der Waals surface area (Å²) in [5.41, 5.74) is 1.72. The summed E-state index contributed by atoms with van der Waals surface area (Å²) in [6, 6.07) is 5.61. The second-order valence-corrected chi connectivity index (χ2v) is 5.53. The zero-order valence-corrected chi connectivity index (χ0v) is 11.4. The van der Waals surface area contributed by atoms with Crippen molar-refractivity contribution in [3.05, 3.63) is 29.0 Å². The van der Waals surface area contributed by atoms with Crippen molar-refractivity contribution in [2.24, 2.45) is 13.0 Å².